The summed E-state index contributed by atoms with van der Waals surface area (Å²) in [7, 11) is 0. The molecule has 1 aliphatic heterocycles. The van der Waals surface area contributed by atoms with E-state index in [2.05, 4.69) is 16.8 Å². The quantitative estimate of drug-likeness (QED) is 0.336. The number of benzene rings is 3. The van der Waals surface area contributed by atoms with E-state index in [1.54, 1.807) is 29.2 Å². The average molecular weight is 472 g/mol. The predicted octanol–water partition coefficient (Wildman–Crippen LogP) is 5.75. The third-order valence-corrected chi connectivity index (χ3v) is 6.10. The number of nitrogens with one attached hydrogen (secondary N) is 1. The van der Waals surface area contributed by atoms with Gasteiger partial charge in [0.15, 0.2) is 0 Å². The largest absolute Gasteiger partial charge is 0.507 e. The van der Waals surface area contributed by atoms with Gasteiger partial charge in [-0.25, -0.2) is 0 Å². The zero-order valence-corrected chi connectivity index (χ0v) is 19.0. The van der Waals surface area contributed by atoms with Crippen LogP contribution >= 0.6 is 11.6 Å². The Morgan fingerprint density at radius 2 is 1.82 bits per heavy atom. The fourth-order valence-electron chi connectivity index (χ4n) is 4.27. The Hall–Kier alpha value is -4.03. The van der Waals surface area contributed by atoms with Crippen molar-refractivity contribution in [2.24, 2.45) is 0 Å². The molecular weight excluding hydrogens is 450 g/mol. The summed E-state index contributed by atoms with van der Waals surface area (Å²) >= 11 is 6.06. The second kappa shape index (κ2) is 9.08. The minimum Gasteiger partial charge on any atom is -0.507 e. The van der Waals surface area contributed by atoms with Crippen molar-refractivity contribution in [1.29, 1.82) is 0 Å². The minimum atomic E-state index is -0.403. The minimum absolute atomic E-state index is 0.104. The van der Waals surface area contributed by atoms with Gasteiger partial charge in [0, 0.05) is 22.7 Å². The highest BCUT2D eigenvalue weighted by atomic mass is 35.5. The smallest absolute Gasteiger partial charge is 0.273 e. The van der Waals surface area contributed by atoms with Crippen LogP contribution in [0.5, 0.6) is 11.5 Å². The number of para-hydroxylation sites is 1. The highest BCUT2D eigenvalue weighted by Gasteiger charge is 2.42. The Bertz CT molecular complexity index is 1350. The molecule has 34 heavy (non-hydrogen) atoms. The van der Waals surface area contributed by atoms with Gasteiger partial charge in [-0.15, -0.1) is 0 Å². The number of carbonyl (C=O) groups excluding carboxylic acids is 1. The molecule has 1 amide bonds. The second-order valence-corrected chi connectivity index (χ2v) is 8.45. The number of aromatic amines is 1. The summed E-state index contributed by atoms with van der Waals surface area (Å²) < 4.78 is 5.63. The van der Waals surface area contributed by atoms with Gasteiger partial charge in [0.2, 0.25) is 0 Å². The number of aromatic nitrogens is 2. The number of halogens is 1. The molecule has 3 aromatic carbocycles. The van der Waals surface area contributed by atoms with Crippen molar-refractivity contribution in [1.82, 2.24) is 15.1 Å². The number of hydrogen-bond acceptors (Lipinski definition) is 4. The summed E-state index contributed by atoms with van der Waals surface area (Å²) in [6.45, 7) is 4.47. The lowest BCUT2D eigenvalue weighted by Crippen LogP contribution is -2.29. The molecule has 7 heteroatoms. The lowest BCUT2D eigenvalue weighted by molar-refractivity contribution is 0.0730. The van der Waals surface area contributed by atoms with Crippen LogP contribution in [0.15, 0.2) is 85.5 Å². The van der Waals surface area contributed by atoms with Crippen molar-refractivity contribution in [3.63, 3.8) is 0 Å². The summed E-state index contributed by atoms with van der Waals surface area (Å²) in [5.74, 6) is 0.661. The zero-order valence-electron chi connectivity index (χ0n) is 18.2. The third-order valence-electron chi connectivity index (χ3n) is 5.85. The first-order valence-corrected chi connectivity index (χ1v) is 11.2. The van der Waals surface area contributed by atoms with Gasteiger partial charge in [-0.3, -0.25) is 9.89 Å². The topological polar surface area (TPSA) is 78.5 Å². The molecule has 2 heterocycles. The summed E-state index contributed by atoms with van der Waals surface area (Å²) in [6, 6.07) is 21.7. The summed E-state index contributed by atoms with van der Waals surface area (Å²) in [6.07, 6.45) is 1.69. The fraction of sp³-hybridized carbons (Fsp3) is 0.111. The molecule has 1 unspecified atom stereocenters. The van der Waals surface area contributed by atoms with Crippen molar-refractivity contribution in [2.75, 3.05) is 6.61 Å². The molecule has 1 aliphatic rings. The normalized spacial score (nSPS) is 14.8. The maximum Gasteiger partial charge on any atom is 0.273 e. The molecule has 2 N–H and O–H groups in total. The van der Waals surface area contributed by atoms with Crippen LogP contribution in [0.1, 0.15) is 33.2 Å². The Labute approximate surface area is 202 Å². The van der Waals surface area contributed by atoms with Crippen LogP contribution in [-0.2, 0) is 6.54 Å². The van der Waals surface area contributed by atoms with Gasteiger partial charge in [-0.1, -0.05) is 60.7 Å². The van der Waals surface area contributed by atoms with E-state index in [0.29, 0.717) is 40.9 Å². The summed E-state index contributed by atoms with van der Waals surface area (Å²) in [5, 5.41) is 18.5. The number of carbonyl (C=O) groups is 1. The van der Waals surface area contributed by atoms with Crippen LogP contribution in [-0.4, -0.2) is 32.7 Å². The van der Waals surface area contributed by atoms with E-state index in [4.69, 9.17) is 16.3 Å². The molecular formula is C27H22ClN3O3. The Morgan fingerprint density at radius 1 is 1.09 bits per heavy atom. The number of hydrogen-bond donors (Lipinski definition) is 2. The van der Waals surface area contributed by atoms with Crippen molar-refractivity contribution < 1.29 is 14.6 Å². The van der Waals surface area contributed by atoms with Crippen molar-refractivity contribution >= 4 is 17.5 Å². The molecule has 170 valence electrons. The first-order chi connectivity index (χ1) is 16.6. The standard InChI is InChI=1S/C27H22ClN3O3/c1-2-15-34-20-13-9-18(10-14-20)26-23-24(21-5-3-4-6-22(21)32)29-30-25(23)27(33)31(26)16-17-7-11-19(28)12-8-17/h2-14,26,32H,1,15-16H2,(H,29,30). The molecule has 0 radical (unpaired) electrons. The molecule has 0 saturated carbocycles. The zero-order chi connectivity index (χ0) is 23.7. The van der Waals surface area contributed by atoms with Crippen LogP contribution in [0.4, 0.5) is 0 Å². The number of phenolic OH excluding ortho intramolecular Hbond substituents is 1. The number of phenols is 1. The molecule has 0 saturated heterocycles. The number of amides is 1. The van der Waals surface area contributed by atoms with Crippen LogP contribution in [0.25, 0.3) is 11.3 Å². The van der Waals surface area contributed by atoms with E-state index in [-0.39, 0.29) is 11.7 Å². The van der Waals surface area contributed by atoms with E-state index < -0.39 is 6.04 Å². The van der Waals surface area contributed by atoms with Gasteiger partial charge in [0.25, 0.3) is 5.91 Å². The lowest BCUT2D eigenvalue weighted by atomic mass is 9.95. The molecule has 0 fully saturated rings. The van der Waals surface area contributed by atoms with Crippen LogP contribution in [0.2, 0.25) is 5.02 Å². The van der Waals surface area contributed by atoms with Gasteiger partial charge < -0.3 is 14.7 Å². The average Bonchev–Trinajstić information content (AvgIpc) is 3.39. The first-order valence-electron chi connectivity index (χ1n) is 10.8. The van der Waals surface area contributed by atoms with E-state index in [1.165, 1.54) is 0 Å². The number of nitrogens with zero attached hydrogens (tertiary/aromatic N) is 2. The molecule has 1 atom stereocenters. The maximum atomic E-state index is 13.5. The van der Waals surface area contributed by atoms with Crippen LogP contribution < -0.4 is 4.74 Å². The number of aromatic hydroxyl groups is 1. The van der Waals surface area contributed by atoms with Gasteiger partial charge in [0.1, 0.15) is 29.5 Å². The maximum absolute atomic E-state index is 13.5. The van der Waals surface area contributed by atoms with Crippen LogP contribution in [0, 0.1) is 0 Å². The number of rotatable bonds is 7. The van der Waals surface area contributed by atoms with E-state index >= 15 is 0 Å². The van der Waals surface area contributed by atoms with E-state index in [1.807, 2.05) is 54.6 Å². The fourth-order valence-corrected chi connectivity index (χ4v) is 4.40. The number of H-pyrrole nitrogens is 1. The van der Waals surface area contributed by atoms with Crippen molar-refractivity contribution in [3.8, 4) is 22.8 Å². The molecule has 1 aromatic heterocycles. The highest BCUT2D eigenvalue weighted by molar-refractivity contribution is 6.30. The Morgan fingerprint density at radius 3 is 2.53 bits per heavy atom. The molecule has 0 bridgehead atoms. The third kappa shape index (κ3) is 3.93. The van der Waals surface area contributed by atoms with E-state index in [0.717, 1.165) is 16.7 Å². The summed E-state index contributed by atoms with van der Waals surface area (Å²) in [4.78, 5) is 15.3. The molecule has 4 aromatic rings. The van der Waals surface area contributed by atoms with Crippen LogP contribution in [0.3, 0.4) is 0 Å². The van der Waals surface area contributed by atoms with Gasteiger partial charge >= 0.3 is 0 Å². The lowest BCUT2D eigenvalue weighted by Gasteiger charge is -2.27. The Kier molecular flexibility index (Phi) is 5.82. The highest BCUT2D eigenvalue weighted by Crippen LogP contribution is 2.45. The van der Waals surface area contributed by atoms with Crippen molar-refractivity contribution in [3.05, 3.63) is 113 Å². The molecule has 6 nitrogen and oxygen atoms in total. The SMILES string of the molecule is C=CCOc1ccc(C2c3c(-c4ccccc4O)n[nH]c3C(=O)N2Cc2ccc(Cl)cc2)cc1. The molecule has 0 spiro atoms. The number of fused-ring (bicyclic) bond motifs is 1. The van der Waals surface area contributed by atoms with Gasteiger partial charge in [-0.2, -0.15) is 5.10 Å². The predicted molar refractivity (Wildman–Crippen MR) is 131 cm³/mol. The van der Waals surface area contributed by atoms with E-state index in [9.17, 15) is 9.90 Å². The second-order valence-electron chi connectivity index (χ2n) is 8.01. The van der Waals surface area contributed by atoms with Gasteiger partial charge in [0.05, 0.1) is 6.04 Å². The monoisotopic (exact) mass is 471 g/mol. The Balaban J connectivity index is 1.60. The first kappa shape index (κ1) is 21.8. The van der Waals surface area contributed by atoms with Crippen molar-refractivity contribution in [2.45, 2.75) is 12.6 Å². The molecule has 5 rings (SSSR count). The number of ether oxygens (including phenoxy) is 1. The molecule has 0 aliphatic carbocycles. The summed E-state index contributed by atoms with van der Waals surface area (Å²) in [5.41, 5.74) is 4.14. The van der Waals surface area contributed by atoms with Gasteiger partial charge in [-0.05, 0) is 47.5 Å².